The highest BCUT2D eigenvalue weighted by atomic mass is 35.5. The summed E-state index contributed by atoms with van der Waals surface area (Å²) in [5, 5.41) is 0.448. The number of halogens is 2. The summed E-state index contributed by atoms with van der Waals surface area (Å²) in [6.07, 6.45) is 1.43. The van der Waals surface area contributed by atoms with Crippen LogP contribution in [0.15, 0.2) is 41.4 Å². The zero-order chi connectivity index (χ0) is 14.0. The number of anilines is 2. The van der Waals surface area contributed by atoms with Crippen molar-refractivity contribution >= 4 is 44.7 Å². The molecule has 5 nitrogen and oxygen atoms in total. The minimum Gasteiger partial charge on any atom is -0.396 e. The van der Waals surface area contributed by atoms with Crippen LogP contribution in [0.25, 0.3) is 0 Å². The molecule has 0 spiro atoms. The highest BCUT2D eigenvalue weighted by Crippen LogP contribution is 2.24. The summed E-state index contributed by atoms with van der Waals surface area (Å²) >= 11 is 11.5. The van der Waals surface area contributed by atoms with Gasteiger partial charge in [0.05, 0.1) is 10.6 Å². The van der Waals surface area contributed by atoms with Gasteiger partial charge in [0.2, 0.25) is 0 Å². The fourth-order valence-corrected chi connectivity index (χ4v) is 3.14. The Balaban J connectivity index is 2.41. The molecule has 0 atom stereocenters. The van der Waals surface area contributed by atoms with Crippen LogP contribution >= 0.6 is 23.2 Å². The number of aromatic nitrogens is 1. The predicted octanol–water partition coefficient (Wildman–Crippen LogP) is 2.77. The van der Waals surface area contributed by atoms with E-state index in [4.69, 9.17) is 28.9 Å². The number of nitrogen functional groups attached to an aromatic ring is 1. The molecule has 0 aliphatic heterocycles. The molecule has 0 saturated carbocycles. The van der Waals surface area contributed by atoms with Gasteiger partial charge in [-0.05, 0) is 30.3 Å². The lowest BCUT2D eigenvalue weighted by molar-refractivity contribution is 0.601. The van der Waals surface area contributed by atoms with E-state index in [1.54, 1.807) is 6.07 Å². The van der Waals surface area contributed by atoms with Crippen molar-refractivity contribution in [1.82, 2.24) is 4.98 Å². The Morgan fingerprint density at radius 2 is 1.79 bits per heavy atom. The van der Waals surface area contributed by atoms with Crippen molar-refractivity contribution in [3.05, 3.63) is 46.6 Å². The first-order valence-corrected chi connectivity index (χ1v) is 7.32. The molecule has 0 amide bonds. The van der Waals surface area contributed by atoms with Gasteiger partial charge in [0, 0.05) is 16.2 Å². The van der Waals surface area contributed by atoms with E-state index < -0.39 is 10.0 Å². The molecule has 0 bridgehead atoms. The Labute approximate surface area is 120 Å². The lowest BCUT2D eigenvalue weighted by Crippen LogP contribution is -2.15. The molecule has 0 saturated heterocycles. The highest BCUT2D eigenvalue weighted by molar-refractivity contribution is 7.92. The third kappa shape index (κ3) is 3.28. The molecule has 1 aromatic heterocycles. The summed E-state index contributed by atoms with van der Waals surface area (Å²) in [5.74, 6) is 0.0543. The van der Waals surface area contributed by atoms with E-state index in [1.165, 1.54) is 30.5 Å². The normalized spacial score (nSPS) is 11.3. The Morgan fingerprint density at radius 1 is 1.16 bits per heavy atom. The minimum atomic E-state index is -3.84. The summed E-state index contributed by atoms with van der Waals surface area (Å²) in [7, 11) is -3.84. The average Bonchev–Trinajstić information content (AvgIpc) is 2.31. The second-order valence-electron chi connectivity index (χ2n) is 3.65. The van der Waals surface area contributed by atoms with Gasteiger partial charge in [-0.25, -0.2) is 13.4 Å². The number of benzene rings is 1. The summed E-state index contributed by atoms with van der Waals surface area (Å²) < 4.78 is 26.5. The van der Waals surface area contributed by atoms with Crippen molar-refractivity contribution in [2.24, 2.45) is 0 Å². The van der Waals surface area contributed by atoms with Crippen LogP contribution in [0.2, 0.25) is 10.0 Å². The smallest absolute Gasteiger partial charge is 0.263 e. The first kappa shape index (κ1) is 13.9. The SMILES string of the molecule is Nc1cccnc1NS(=O)(=O)c1cc(Cl)cc(Cl)c1. The minimum absolute atomic E-state index is 0.0543. The summed E-state index contributed by atoms with van der Waals surface area (Å²) in [6, 6.07) is 7.15. The van der Waals surface area contributed by atoms with Crippen LogP contribution in [0.3, 0.4) is 0 Å². The summed E-state index contributed by atoms with van der Waals surface area (Å²) in [6.45, 7) is 0. The van der Waals surface area contributed by atoms with E-state index in [9.17, 15) is 8.42 Å². The highest BCUT2D eigenvalue weighted by Gasteiger charge is 2.17. The monoisotopic (exact) mass is 317 g/mol. The Hall–Kier alpha value is -1.50. The standard InChI is InChI=1S/C11H9Cl2N3O2S/c12-7-4-8(13)6-9(5-7)19(17,18)16-11-10(14)2-1-3-15-11/h1-6H,14H2,(H,15,16). The number of sulfonamides is 1. The van der Waals surface area contributed by atoms with Crippen molar-refractivity contribution in [2.75, 3.05) is 10.5 Å². The molecular weight excluding hydrogens is 309 g/mol. The maximum atomic E-state index is 12.1. The maximum Gasteiger partial charge on any atom is 0.263 e. The molecule has 0 unspecified atom stereocenters. The quantitative estimate of drug-likeness (QED) is 0.911. The van der Waals surface area contributed by atoms with Gasteiger partial charge in [0.1, 0.15) is 0 Å². The van der Waals surface area contributed by atoms with E-state index in [0.717, 1.165) is 0 Å². The number of rotatable bonds is 3. The van der Waals surface area contributed by atoms with Crippen LogP contribution in [0.5, 0.6) is 0 Å². The molecule has 8 heteroatoms. The second-order valence-corrected chi connectivity index (χ2v) is 6.21. The first-order valence-electron chi connectivity index (χ1n) is 5.08. The van der Waals surface area contributed by atoms with Crippen molar-refractivity contribution in [3.8, 4) is 0 Å². The van der Waals surface area contributed by atoms with Gasteiger partial charge in [-0.15, -0.1) is 0 Å². The topological polar surface area (TPSA) is 85.1 Å². The van der Waals surface area contributed by atoms with E-state index in [-0.39, 0.29) is 26.4 Å². The molecule has 1 aromatic carbocycles. The molecule has 1 heterocycles. The number of pyridine rings is 1. The van der Waals surface area contributed by atoms with E-state index in [2.05, 4.69) is 9.71 Å². The molecule has 0 aliphatic rings. The average molecular weight is 318 g/mol. The van der Waals surface area contributed by atoms with Gasteiger partial charge in [-0.3, -0.25) is 4.72 Å². The summed E-state index contributed by atoms with van der Waals surface area (Å²) in [4.78, 5) is 3.79. The first-order chi connectivity index (χ1) is 8.88. The van der Waals surface area contributed by atoms with Gasteiger partial charge >= 0.3 is 0 Å². The lowest BCUT2D eigenvalue weighted by Gasteiger charge is -2.09. The molecule has 0 fully saturated rings. The molecule has 19 heavy (non-hydrogen) atoms. The number of nitrogens with two attached hydrogens (primary N) is 1. The van der Waals surface area contributed by atoms with Gasteiger partial charge < -0.3 is 5.73 Å². The number of nitrogens with one attached hydrogen (secondary N) is 1. The van der Waals surface area contributed by atoms with Crippen molar-refractivity contribution in [3.63, 3.8) is 0 Å². The van der Waals surface area contributed by atoms with Gasteiger partial charge in [-0.2, -0.15) is 0 Å². The van der Waals surface area contributed by atoms with E-state index >= 15 is 0 Å². The zero-order valence-electron chi connectivity index (χ0n) is 9.47. The van der Waals surface area contributed by atoms with Crippen LogP contribution in [-0.4, -0.2) is 13.4 Å². The number of nitrogens with zero attached hydrogens (tertiary/aromatic N) is 1. The zero-order valence-corrected chi connectivity index (χ0v) is 11.8. The second kappa shape index (κ2) is 5.24. The molecule has 2 rings (SSSR count). The van der Waals surface area contributed by atoms with Crippen molar-refractivity contribution in [1.29, 1.82) is 0 Å². The Morgan fingerprint density at radius 3 is 2.37 bits per heavy atom. The largest absolute Gasteiger partial charge is 0.396 e. The third-order valence-electron chi connectivity index (χ3n) is 2.22. The molecular formula is C11H9Cl2N3O2S. The fourth-order valence-electron chi connectivity index (χ4n) is 1.37. The molecule has 3 N–H and O–H groups in total. The van der Waals surface area contributed by atoms with Crippen LogP contribution in [-0.2, 0) is 10.0 Å². The van der Waals surface area contributed by atoms with Crippen molar-refractivity contribution < 1.29 is 8.42 Å². The fraction of sp³-hybridized carbons (Fsp3) is 0. The lowest BCUT2D eigenvalue weighted by atomic mass is 10.4. The van der Waals surface area contributed by atoms with E-state index in [0.29, 0.717) is 0 Å². The molecule has 2 aromatic rings. The van der Waals surface area contributed by atoms with Gasteiger partial charge in [0.25, 0.3) is 10.0 Å². The predicted molar refractivity (Wildman–Crippen MR) is 75.9 cm³/mol. The van der Waals surface area contributed by atoms with Crippen LogP contribution < -0.4 is 10.5 Å². The summed E-state index contributed by atoms with van der Waals surface area (Å²) in [5.41, 5.74) is 5.85. The van der Waals surface area contributed by atoms with E-state index in [1.807, 2.05) is 0 Å². The van der Waals surface area contributed by atoms with Crippen molar-refractivity contribution in [2.45, 2.75) is 4.90 Å². The van der Waals surface area contributed by atoms with Gasteiger partial charge in [0.15, 0.2) is 5.82 Å². The van der Waals surface area contributed by atoms with Gasteiger partial charge in [-0.1, -0.05) is 23.2 Å². The number of hydrogen-bond acceptors (Lipinski definition) is 4. The van der Waals surface area contributed by atoms with Crippen LogP contribution in [0.1, 0.15) is 0 Å². The molecule has 100 valence electrons. The third-order valence-corrected chi connectivity index (χ3v) is 3.97. The Kier molecular flexibility index (Phi) is 3.84. The molecule has 0 radical (unpaired) electrons. The van der Waals surface area contributed by atoms with Crippen LogP contribution in [0.4, 0.5) is 11.5 Å². The Bertz CT molecular complexity index is 699. The molecule has 0 aliphatic carbocycles. The van der Waals surface area contributed by atoms with Crippen LogP contribution in [0, 0.1) is 0 Å². The number of hydrogen-bond donors (Lipinski definition) is 2. The maximum absolute atomic E-state index is 12.1.